The van der Waals surface area contributed by atoms with Crippen LogP contribution in [0.1, 0.15) is 10.4 Å². The number of hydrogen-bond acceptors (Lipinski definition) is 4. The number of carbonyl (C=O) groups excluding carboxylic acids is 1. The molecule has 0 spiro atoms. The second-order valence-electron chi connectivity index (χ2n) is 2.48. The second kappa shape index (κ2) is 2.72. The third kappa shape index (κ3) is 1.16. The molecule has 0 N–H and O–H groups in total. The summed E-state index contributed by atoms with van der Waals surface area (Å²) in [5.74, 6) is -0.571. The van der Waals surface area contributed by atoms with Crippen LogP contribution >= 0.6 is 0 Å². The van der Waals surface area contributed by atoms with E-state index in [1.807, 2.05) is 0 Å². The van der Waals surface area contributed by atoms with Crippen LogP contribution in [-0.4, -0.2) is 10.8 Å². The fourth-order valence-electron chi connectivity index (χ4n) is 1.06. The van der Waals surface area contributed by atoms with Crippen molar-refractivity contribution >= 4 is 16.9 Å². The third-order valence-corrected chi connectivity index (χ3v) is 1.70. The van der Waals surface area contributed by atoms with Crippen LogP contribution in [-0.2, 0) is 0 Å². The van der Waals surface area contributed by atoms with Gasteiger partial charge in [0.05, 0.1) is 0 Å². The molecule has 1 aromatic carbocycles. The van der Waals surface area contributed by atoms with E-state index >= 15 is 0 Å². The zero-order valence-electron chi connectivity index (χ0n) is 6.52. The van der Waals surface area contributed by atoms with Gasteiger partial charge in [-0.2, -0.15) is 5.26 Å². The van der Waals surface area contributed by atoms with Crippen LogP contribution in [0.15, 0.2) is 29.0 Å². The molecule has 0 aliphatic carbocycles. The monoisotopic (exact) mass is 172 g/mol. The molecule has 0 saturated carbocycles. The normalized spacial score (nSPS) is 9.77. The molecule has 0 amide bonds. The summed E-state index contributed by atoms with van der Waals surface area (Å²) in [6.45, 7) is 0. The first kappa shape index (κ1) is 7.50. The van der Waals surface area contributed by atoms with Crippen molar-refractivity contribution in [3.63, 3.8) is 0 Å². The molecule has 0 radical (unpaired) electrons. The van der Waals surface area contributed by atoms with Crippen LogP contribution in [0.5, 0.6) is 0 Å². The third-order valence-electron chi connectivity index (χ3n) is 1.70. The van der Waals surface area contributed by atoms with Crippen molar-refractivity contribution in [2.45, 2.75) is 0 Å². The Labute approximate surface area is 73.4 Å². The van der Waals surface area contributed by atoms with Gasteiger partial charge < -0.3 is 4.42 Å². The predicted octanol–water partition coefficient (Wildman–Crippen LogP) is 1.53. The fraction of sp³-hybridized carbons (Fsp3) is 0. The minimum absolute atomic E-state index is 0.326. The van der Waals surface area contributed by atoms with Crippen LogP contribution < -0.4 is 0 Å². The minimum atomic E-state index is -0.571. The van der Waals surface area contributed by atoms with Gasteiger partial charge in [0, 0.05) is 5.56 Å². The number of rotatable bonds is 1. The molecule has 4 nitrogen and oxygen atoms in total. The Balaban J connectivity index is 2.62. The highest BCUT2D eigenvalue weighted by Gasteiger charge is 2.06. The summed E-state index contributed by atoms with van der Waals surface area (Å²) >= 11 is 0. The number of aromatic nitrogens is 1. The molecular weight excluding hydrogens is 168 g/mol. The Bertz CT molecular complexity index is 508. The van der Waals surface area contributed by atoms with Crippen molar-refractivity contribution in [3.8, 4) is 6.07 Å². The smallest absolute Gasteiger partial charge is 0.262 e. The molecule has 0 bridgehead atoms. The second-order valence-corrected chi connectivity index (χ2v) is 2.48. The summed E-state index contributed by atoms with van der Waals surface area (Å²) < 4.78 is 4.98. The average Bonchev–Trinajstić information content (AvgIpc) is 2.63. The minimum Gasteiger partial charge on any atom is -0.443 e. The summed E-state index contributed by atoms with van der Waals surface area (Å²) in [4.78, 5) is 14.8. The maximum Gasteiger partial charge on any atom is 0.262 e. The van der Waals surface area contributed by atoms with Gasteiger partial charge >= 0.3 is 0 Å². The Morgan fingerprint density at radius 1 is 1.54 bits per heavy atom. The van der Waals surface area contributed by atoms with Gasteiger partial charge in [-0.25, -0.2) is 4.98 Å². The van der Waals surface area contributed by atoms with E-state index in [1.54, 1.807) is 12.1 Å². The van der Waals surface area contributed by atoms with E-state index in [0.29, 0.717) is 16.7 Å². The van der Waals surface area contributed by atoms with Crippen molar-refractivity contribution in [2.75, 3.05) is 0 Å². The lowest BCUT2D eigenvalue weighted by molar-refractivity contribution is 0.105. The van der Waals surface area contributed by atoms with E-state index in [-0.39, 0.29) is 0 Å². The molecule has 0 saturated heterocycles. The van der Waals surface area contributed by atoms with E-state index in [4.69, 9.17) is 9.68 Å². The van der Waals surface area contributed by atoms with Gasteiger partial charge in [0.25, 0.3) is 5.78 Å². The van der Waals surface area contributed by atoms with Crippen LogP contribution in [0.3, 0.4) is 0 Å². The van der Waals surface area contributed by atoms with Crippen LogP contribution in [0.4, 0.5) is 0 Å². The Hall–Kier alpha value is -2.15. The summed E-state index contributed by atoms with van der Waals surface area (Å²) in [7, 11) is 0. The van der Waals surface area contributed by atoms with Gasteiger partial charge in [-0.3, -0.25) is 4.79 Å². The molecule has 0 aliphatic rings. The summed E-state index contributed by atoms with van der Waals surface area (Å²) in [6, 6.07) is 6.24. The molecule has 62 valence electrons. The first-order valence-corrected chi connectivity index (χ1v) is 3.59. The van der Waals surface area contributed by atoms with E-state index in [9.17, 15) is 4.79 Å². The molecule has 0 atom stereocenters. The summed E-state index contributed by atoms with van der Waals surface area (Å²) in [6.07, 6.45) is 1.30. The van der Waals surface area contributed by atoms with Crippen LogP contribution in [0.2, 0.25) is 0 Å². The number of benzene rings is 1. The van der Waals surface area contributed by atoms with Crippen molar-refractivity contribution in [3.05, 3.63) is 30.2 Å². The van der Waals surface area contributed by atoms with Gasteiger partial charge in [0.2, 0.25) is 0 Å². The van der Waals surface area contributed by atoms with Gasteiger partial charge in [0.1, 0.15) is 11.6 Å². The maximum atomic E-state index is 11.0. The quantitative estimate of drug-likeness (QED) is 0.483. The van der Waals surface area contributed by atoms with Gasteiger partial charge in [-0.1, -0.05) is 0 Å². The van der Waals surface area contributed by atoms with E-state index in [0.717, 1.165) is 0 Å². The number of oxazole rings is 1. The van der Waals surface area contributed by atoms with Gasteiger partial charge in [-0.15, -0.1) is 0 Å². The zero-order valence-corrected chi connectivity index (χ0v) is 6.52. The van der Waals surface area contributed by atoms with Gasteiger partial charge in [0.15, 0.2) is 12.0 Å². The van der Waals surface area contributed by atoms with Crippen molar-refractivity contribution in [2.24, 2.45) is 0 Å². The highest BCUT2D eigenvalue weighted by Crippen LogP contribution is 2.14. The van der Waals surface area contributed by atoms with E-state index in [1.165, 1.54) is 18.5 Å². The zero-order chi connectivity index (χ0) is 9.26. The molecule has 4 heteroatoms. The fourth-order valence-corrected chi connectivity index (χ4v) is 1.06. The molecule has 1 heterocycles. The van der Waals surface area contributed by atoms with E-state index in [2.05, 4.69) is 4.98 Å². The molecule has 0 unspecified atom stereocenters. The molecule has 13 heavy (non-hydrogen) atoms. The van der Waals surface area contributed by atoms with Crippen molar-refractivity contribution in [1.29, 1.82) is 5.26 Å². The largest absolute Gasteiger partial charge is 0.443 e. The number of fused-ring (bicyclic) bond motifs is 1. The van der Waals surface area contributed by atoms with Crippen molar-refractivity contribution in [1.82, 2.24) is 4.98 Å². The predicted molar refractivity (Wildman–Crippen MR) is 44.0 cm³/mol. The number of ketones is 1. The Morgan fingerprint density at radius 2 is 2.38 bits per heavy atom. The topological polar surface area (TPSA) is 66.9 Å². The lowest BCUT2D eigenvalue weighted by atomic mass is 10.1. The molecular formula is C9H4N2O2. The Morgan fingerprint density at radius 3 is 3.15 bits per heavy atom. The standard InChI is InChI=1S/C9H4N2O2/c10-4-8(12)6-1-2-7-9(3-6)13-5-11-7/h1-3,5H. The summed E-state index contributed by atoms with van der Waals surface area (Å²) in [5, 5.41) is 8.37. The van der Waals surface area contributed by atoms with E-state index < -0.39 is 5.78 Å². The average molecular weight is 172 g/mol. The molecule has 1 aromatic heterocycles. The first-order valence-electron chi connectivity index (χ1n) is 3.59. The highest BCUT2D eigenvalue weighted by atomic mass is 16.3. The maximum absolute atomic E-state index is 11.0. The molecule has 2 aromatic rings. The van der Waals surface area contributed by atoms with Gasteiger partial charge in [-0.05, 0) is 18.2 Å². The van der Waals surface area contributed by atoms with Crippen LogP contribution in [0, 0.1) is 11.3 Å². The molecule has 0 fully saturated rings. The molecule has 2 rings (SSSR count). The first-order chi connectivity index (χ1) is 6.31. The number of nitriles is 1. The number of nitrogens with zero attached hydrogens (tertiary/aromatic N) is 2. The lowest BCUT2D eigenvalue weighted by Gasteiger charge is -1.90. The number of carbonyl (C=O) groups is 1. The lowest BCUT2D eigenvalue weighted by Crippen LogP contribution is -1.92. The SMILES string of the molecule is N#CC(=O)c1ccc2ncoc2c1. The van der Waals surface area contributed by atoms with Crippen LogP contribution in [0.25, 0.3) is 11.1 Å². The number of hydrogen-bond donors (Lipinski definition) is 0. The Kier molecular flexibility index (Phi) is 1.57. The van der Waals surface area contributed by atoms with Crippen molar-refractivity contribution < 1.29 is 9.21 Å². The highest BCUT2D eigenvalue weighted by molar-refractivity contribution is 6.08. The number of Topliss-reactive ketones (excluding diaryl/α,β-unsaturated/α-hetero) is 1. The summed E-state index contributed by atoms with van der Waals surface area (Å²) in [5.41, 5.74) is 1.52. The molecule has 0 aliphatic heterocycles.